The Bertz CT molecular complexity index is 374. The first-order chi connectivity index (χ1) is 8.59. The van der Waals surface area contributed by atoms with Gasteiger partial charge in [0.1, 0.15) is 0 Å². The van der Waals surface area contributed by atoms with E-state index in [2.05, 4.69) is 5.11 Å². The van der Waals surface area contributed by atoms with Gasteiger partial charge in [-0.15, -0.1) is 0 Å². The summed E-state index contributed by atoms with van der Waals surface area (Å²) in [6, 6.07) is 0. The van der Waals surface area contributed by atoms with Gasteiger partial charge in [-0.1, -0.05) is 4.86 Å². The minimum Gasteiger partial charge on any atom is -0.599 e. The van der Waals surface area contributed by atoms with Crippen LogP contribution in [0.3, 0.4) is 0 Å². The molecule has 19 heavy (non-hydrogen) atoms. The second-order valence-electron chi connectivity index (χ2n) is 4.93. The van der Waals surface area contributed by atoms with Crippen LogP contribution in [0.2, 0.25) is 0 Å². The second kappa shape index (κ2) is 6.49. The highest BCUT2D eigenvalue weighted by Gasteiger charge is 2.43. The van der Waals surface area contributed by atoms with Crippen LogP contribution in [0, 0.1) is 5.21 Å². The molecule has 0 bridgehead atoms. The highest BCUT2D eigenvalue weighted by Crippen LogP contribution is 2.18. The molecule has 0 amide bonds. The lowest BCUT2D eigenvalue weighted by atomic mass is 10.1. The van der Waals surface area contributed by atoms with Crippen molar-refractivity contribution in [2.24, 2.45) is 5.11 Å². The number of hydrogen-bond donors (Lipinski definition) is 0. The number of nitrogens with zero attached hydrogens (tertiary/aromatic N) is 2. The number of esters is 2. The minimum atomic E-state index is -1.50. The van der Waals surface area contributed by atoms with Gasteiger partial charge in [0.15, 0.2) is 0 Å². The van der Waals surface area contributed by atoms with Crippen molar-refractivity contribution in [3.63, 3.8) is 0 Å². The van der Waals surface area contributed by atoms with Crippen LogP contribution in [-0.2, 0) is 19.1 Å². The number of hydrogen-bond acceptors (Lipinski definition) is 6. The Morgan fingerprint density at radius 1 is 1.05 bits per heavy atom. The Morgan fingerprint density at radius 2 is 1.47 bits per heavy atom. The van der Waals surface area contributed by atoms with Crippen molar-refractivity contribution in [1.29, 1.82) is 0 Å². The van der Waals surface area contributed by atoms with Crippen LogP contribution >= 0.6 is 0 Å². The standard InChI is InChI=1S/C12H22N2O5/c1-7-18-9(15)11(3,4)13-14(17)12(5,6)10(16)19-8-2/h7-8H2,1-6H3. The molecule has 0 aliphatic carbocycles. The van der Waals surface area contributed by atoms with Crippen LogP contribution in [-0.4, -0.2) is 41.1 Å². The van der Waals surface area contributed by atoms with E-state index in [4.69, 9.17) is 9.47 Å². The summed E-state index contributed by atoms with van der Waals surface area (Å²) >= 11 is 0. The van der Waals surface area contributed by atoms with Crippen LogP contribution in [0.4, 0.5) is 0 Å². The van der Waals surface area contributed by atoms with Crippen molar-refractivity contribution in [3.8, 4) is 0 Å². The predicted octanol–water partition coefficient (Wildman–Crippen LogP) is 1.63. The van der Waals surface area contributed by atoms with Gasteiger partial charge in [0.25, 0.3) is 5.54 Å². The zero-order valence-electron chi connectivity index (χ0n) is 12.3. The third-order valence-corrected chi connectivity index (χ3v) is 2.37. The molecule has 0 aliphatic rings. The molecule has 0 aromatic rings. The molecule has 0 aromatic carbocycles. The maximum Gasteiger partial charge on any atom is 0.381 e. The molecule has 0 N–H and O–H groups in total. The molecule has 0 fully saturated rings. The molecule has 0 unspecified atom stereocenters. The van der Waals surface area contributed by atoms with E-state index in [1.807, 2.05) is 0 Å². The Balaban J connectivity index is 5.16. The summed E-state index contributed by atoms with van der Waals surface area (Å²) in [5.41, 5.74) is -2.86. The monoisotopic (exact) mass is 274 g/mol. The van der Waals surface area contributed by atoms with Crippen LogP contribution in [0.5, 0.6) is 0 Å². The summed E-state index contributed by atoms with van der Waals surface area (Å²) in [5.74, 6) is -1.33. The third kappa shape index (κ3) is 4.50. The van der Waals surface area contributed by atoms with Gasteiger partial charge in [0, 0.05) is 13.8 Å². The second-order valence-corrected chi connectivity index (χ2v) is 4.93. The van der Waals surface area contributed by atoms with Crippen LogP contribution in [0.15, 0.2) is 5.11 Å². The van der Waals surface area contributed by atoms with Gasteiger partial charge in [-0.2, -0.15) is 0 Å². The maximum atomic E-state index is 11.9. The van der Waals surface area contributed by atoms with E-state index in [1.54, 1.807) is 13.8 Å². The molecular formula is C12H22N2O5. The van der Waals surface area contributed by atoms with Crippen LogP contribution in [0.25, 0.3) is 0 Å². The highest BCUT2D eigenvalue weighted by atomic mass is 16.6. The average Bonchev–Trinajstić information content (AvgIpc) is 2.28. The first-order valence-electron chi connectivity index (χ1n) is 6.14. The Kier molecular flexibility index (Phi) is 5.92. The minimum absolute atomic E-state index is 0.164. The van der Waals surface area contributed by atoms with Crippen molar-refractivity contribution in [2.75, 3.05) is 13.2 Å². The molecule has 0 radical (unpaired) electrons. The van der Waals surface area contributed by atoms with Crippen molar-refractivity contribution < 1.29 is 23.9 Å². The Hall–Kier alpha value is -1.66. The number of carbonyl (C=O) groups is 2. The topological polar surface area (TPSA) is 91.0 Å². The molecule has 0 rings (SSSR count). The molecular weight excluding hydrogens is 252 g/mol. The number of carbonyl (C=O) groups excluding carboxylic acids is 2. The fourth-order valence-corrected chi connectivity index (χ4v) is 1.09. The fourth-order valence-electron chi connectivity index (χ4n) is 1.09. The molecule has 7 heteroatoms. The highest BCUT2D eigenvalue weighted by molar-refractivity contribution is 5.80. The van der Waals surface area contributed by atoms with Crippen molar-refractivity contribution in [1.82, 2.24) is 0 Å². The number of azo groups is 1. The van der Waals surface area contributed by atoms with Gasteiger partial charge >= 0.3 is 11.9 Å². The molecule has 0 atom stereocenters. The molecule has 0 heterocycles. The Labute approximate surface area is 113 Å². The van der Waals surface area contributed by atoms with Gasteiger partial charge in [-0.25, -0.2) is 9.59 Å². The van der Waals surface area contributed by atoms with Crippen LogP contribution in [0.1, 0.15) is 41.5 Å². The van der Waals surface area contributed by atoms with Crippen LogP contribution < -0.4 is 0 Å². The van der Waals surface area contributed by atoms with Gasteiger partial charge in [0.05, 0.1) is 13.2 Å². The lowest BCUT2D eigenvalue weighted by molar-refractivity contribution is -0.594. The van der Waals surface area contributed by atoms with E-state index in [9.17, 15) is 14.8 Å². The summed E-state index contributed by atoms with van der Waals surface area (Å²) in [6.45, 7) is 9.29. The van der Waals surface area contributed by atoms with E-state index < -0.39 is 23.0 Å². The smallest absolute Gasteiger partial charge is 0.381 e. The lowest BCUT2D eigenvalue weighted by Gasteiger charge is -2.22. The van der Waals surface area contributed by atoms with Gasteiger partial charge < -0.3 is 14.7 Å². The van der Waals surface area contributed by atoms with Gasteiger partial charge in [-0.3, -0.25) is 0 Å². The molecule has 0 aliphatic heterocycles. The van der Waals surface area contributed by atoms with Crippen molar-refractivity contribution in [3.05, 3.63) is 5.21 Å². The summed E-state index contributed by atoms with van der Waals surface area (Å²) in [5, 5.41) is 15.7. The number of rotatable bonds is 6. The summed E-state index contributed by atoms with van der Waals surface area (Å²) < 4.78 is 9.61. The first kappa shape index (κ1) is 17.3. The quantitative estimate of drug-likeness (QED) is 0.318. The summed E-state index contributed by atoms with van der Waals surface area (Å²) in [6.07, 6.45) is 0. The summed E-state index contributed by atoms with van der Waals surface area (Å²) in [7, 11) is 0. The first-order valence-corrected chi connectivity index (χ1v) is 6.14. The predicted molar refractivity (Wildman–Crippen MR) is 67.5 cm³/mol. The maximum absolute atomic E-state index is 11.9. The van der Waals surface area contributed by atoms with E-state index in [0.29, 0.717) is 0 Å². The molecule has 0 saturated heterocycles. The third-order valence-electron chi connectivity index (χ3n) is 2.37. The molecule has 7 nitrogen and oxygen atoms in total. The van der Waals surface area contributed by atoms with Gasteiger partial charge in [0.2, 0.25) is 5.54 Å². The zero-order chi connectivity index (χ0) is 15.3. The Morgan fingerprint density at radius 3 is 1.89 bits per heavy atom. The largest absolute Gasteiger partial charge is 0.599 e. The molecule has 0 aromatic heterocycles. The molecule has 0 saturated carbocycles. The van der Waals surface area contributed by atoms with E-state index in [1.165, 1.54) is 27.7 Å². The number of hydroxylamine groups is 1. The van der Waals surface area contributed by atoms with E-state index in [0.717, 1.165) is 0 Å². The van der Waals surface area contributed by atoms with E-state index >= 15 is 0 Å². The van der Waals surface area contributed by atoms with Crippen molar-refractivity contribution >= 4 is 11.9 Å². The lowest BCUT2D eigenvalue weighted by Crippen LogP contribution is -2.44. The van der Waals surface area contributed by atoms with Crippen molar-refractivity contribution in [2.45, 2.75) is 52.6 Å². The van der Waals surface area contributed by atoms with Gasteiger partial charge in [-0.05, 0) is 32.8 Å². The molecule has 110 valence electrons. The summed E-state index contributed by atoms with van der Waals surface area (Å²) in [4.78, 5) is 23.5. The molecule has 0 spiro atoms. The SMILES string of the molecule is CCOC(=O)C(C)(C)N=[N+]([O-])C(C)(C)C(=O)OCC. The fraction of sp³-hybridized carbons (Fsp3) is 0.833. The average molecular weight is 274 g/mol. The normalized spacial score (nSPS) is 13.1. The number of ether oxygens (including phenoxy) is 2. The zero-order valence-corrected chi connectivity index (χ0v) is 12.3. The van der Waals surface area contributed by atoms with E-state index in [-0.39, 0.29) is 18.1 Å².